The van der Waals surface area contributed by atoms with E-state index < -0.39 is 21.5 Å². The molecule has 2 aromatic heterocycles. The summed E-state index contributed by atoms with van der Waals surface area (Å²) in [4.78, 5) is 16.9. The minimum absolute atomic E-state index is 0.104. The number of carbonyl (C=O) groups excluding carboxylic acids is 1. The number of hydrogen-bond donors (Lipinski definition) is 2. The van der Waals surface area contributed by atoms with Crippen LogP contribution in [0, 0.1) is 0 Å². The van der Waals surface area contributed by atoms with Crippen LogP contribution in [0.3, 0.4) is 0 Å². The second-order valence-corrected chi connectivity index (χ2v) is 9.55. The van der Waals surface area contributed by atoms with Crippen LogP contribution in [0.2, 0.25) is 0 Å². The summed E-state index contributed by atoms with van der Waals surface area (Å²) < 4.78 is 38.0. The van der Waals surface area contributed by atoms with Crippen LogP contribution < -0.4 is 10.0 Å². The van der Waals surface area contributed by atoms with E-state index in [9.17, 15) is 13.2 Å². The second kappa shape index (κ2) is 6.46. The van der Waals surface area contributed by atoms with Gasteiger partial charge < -0.3 is 14.2 Å². The summed E-state index contributed by atoms with van der Waals surface area (Å²) in [5.41, 5.74) is 1.18. The maximum absolute atomic E-state index is 12.4. The Morgan fingerprint density at radius 3 is 2.57 bits per heavy atom. The van der Waals surface area contributed by atoms with Crippen molar-refractivity contribution in [3.8, 4) is 0 Å². The third-order valence-electron chi connectivity index (χ3n) is 4.10. The zero-order valence-electron chi connectivity index (χ0n) is 15.8. The average Bonchev–Trinajstić information content (AvgIpc) is 3.14. The Balaban J connectivity index is 1.51. The van der Waals surface area contributed by atoms with Gasteiger partial charge in [0.25, 0.3) is 15.9 Å². The zero-order valence-corrected chi connectivity index (χ0v) is 16.6. The van der Waals surface area contributed by atoms with Crippen molar-refractivity contribution in [2.75, 3.05) is 5.32 Å². The van der Waals surface area contributed by atoms with Gasteiger partial charge in [0, 0.05) is 17.1 Å². The van der Waals surface area contributed by atoms with Gasteiger partial charge >= 0.3 is 0 Å². The van der Waals surface area contributed by atoms with Gasteiger partial charge in [-0.15, -0.1) is 0 Å². The molecule has 0 radical (unpaired) electrons. The van der Waals surface area contributed by atoms with Crippen molar-refractivity contribution in [2.45, 2.75) is 50.2 Å². The lowest BCUT2D eigenvalue weighted by atomic mass is 10.1. The largest absolute Gasteiger partial charge is 0.440 e. The molecule has 1 amide bonds. The van der Waals surface area contributed by atoms with E-state index in [1.807, 2.05) is 0 Å². The van der Waals surface area contributed by atoms with E-state index in [1.54, 1.807) is 39.0 Å². The number of fused-ring (bicyclic) bond motifs is 1. The van der Waals surface area contributed by atoms with Crippen LogP contribution in [0.15, 0.2) is 44.3 Å². The SMILES string of the molecule is CC(C)(C)NS(=O)(=O)c1ccc(C(=O)Nc2ccc3oc(C4CC4)nc3c2)o1. The van der Waals surface area contributed by atoms with Crippen molar-refractivity contribution >= 4 is 32.7 Å². The van der Waals surface area contributed by atoms with Crippen molar-refractivity contribution in [1.82, 2.24) is 9.71 Å². The van der Waals surface area contributed by atoms with Crippen LogP contribution in [0.1, 0.15) is 56.0 Å². The van der Waals surface area contributed by atoms with Crippen LogP contribution in [0.25, 0.3) is 11.1 Å². The number of aromatic nitrogens is 1. The lowest BCUT2D eigenvalue weighted by molar-refractivity contribution is 0.0991. The van der Waals surface area contributed by atoms with Gasteiger partial charge in [-0.25, -0.2) is 18.1 Å². The number of nitrogens with one attached hydrogen (secondary N) is 2. The van der Waals surface area contributed by atoms with E-state index in [0.717, 1.165) is 18.7 Å². The molecule has 1 aromatic carbocycles. The normalized spacial score (nSPS) is 15.1. The monoisotopic (exact) mass is 403 g/mol. The molecule has 9 heteroatoms. The van der Waals surface area contributed by atoms with Crippen molar-refractivity contribution in [3.05, 3.63) is 42.0 Å². The Labute approximate surface area is 162 Å². The van der Waals surface area contributed by atoms with E-state index in [2.05, 4.69) is 15.0 Å². The highest BCUT2D eigenvalue weighted by Crippen LogP contribution is 2.40. The summed E-state index contributed by atoms with van der Waals surface area (Å²) in [5, 5.41) is 2.38. The molecular formula is C19H21N3O5S. The molecule has 0 atom stereocenters. The molecule has 0 unspecified atom stereocenters. The molecule has 0 spiro atoms. The molecule has 1 fully saturated rings. The molecule has 148 valence electrons. The highest BCUT2D eigenvalue weighted by atomic mass is 32.2. The summed E-state index contributed by atoms with van der Waals surface area (Å²) >= 11 is 0. The maximum Gasteiger partial charge on any atom is 0.291 e. The van der Waals surface area contributed by atoms with Gasteiger partial charge in [-0.3, -0.25) is 4.79 Å². The number of carbonyl (C=O) groups is 1. The predicted octanol–water partition coefficient (Wildman–Crippen LogP) is 3.63. The molecule has 4 rings (SSSR count). The number of rotatable bonds is 5. The molecule has 1 aliphatic carbocycles. The number of hydrogen-bond acceptors (Lipinski definition) is 6. The Morgan fingerprint density at radius 2 is 1.89 bits per heavy atom. The number of nitrogens with zero attached hydrogens (tertiary/aromatic N) is 1. The third kappa shape index (κ3) is 3.95. The van der Waals surface area contributed by atoms with Gasteiger partial charge in [0.2, 0.25) is 5.09 Å². The Hall–Kier alpha value is -2.65. The summed E-state index contributed by atoms with van der Waals surface area (Å²) in [6.45, 7) is 5.15. The molecule has 0 aliphatic heterocycles. The van der Waals surface area contributed by atoms with Crippen molar-refractivity contribution in [1.29, 1.82) is 0 Å². The molecule has 0 bridgehead atoms. The number of furan rings is 1. The number of amides is 1. The quantitative estimate of drug-likeness (QED) is 0.672. The van der Waals surface area contributed by atoms with E-state index in [1.165, 1.54) is 12.1 Å². The molecule has 28 heavy (non-hydrogen) atoms. The van der Waals surface area contributed by atoms with Gasteiger partial charge in [0.1, 0.15) is 5.52 Å². The smallest absolute Gasteiger partial charge is 0.291 e. The lowest BCUT2D eigenvalue weighted by Crippen LogP contribution is -2.40. The van der Waals surface area contributed by atoms with Crippen LogP contribution in [-0.4, -0.2) is 24.8 Å². The van der Waals surface area contributed by atoms with Gasteiger partial charge in [-0.05, 0) is 63.9 Å². The molecular weight excluding hydrogens is 382 g/mol. The number of oxazole rings is 1. The molecule has 1 saturated carbocycles. The standard InChI is InChI=1S/C19H21N3O5S/c1-19(2,3)22-28(24,25)16-9-8-15(26-16)17(23)20-12-6-7-14-13(10-12)21-18(27-14)11-4-5-11/h6-11,22H,4-5H2,1-3H3,(H,20,23). The molecule has 0 saturated heterocycles. The first kappa shape index (κ1) is 18.7. The van der Waals surface area contributed by atoms with Crippen molar-refractivity contribution in [3.63, 3.8) is 0 Å². The van der Waals surface area contributed by atoms with Crippen molar-refractivity contribution in [2.24, 2.45) is 0 Å². The second-order valence-electron chi connectivity index (χ2n) is 7.94. The average molecular weight is 403 g/mol. The molecule has 8 nitrogen and oxygen atoms in total. The van der Waals surface area contributed by atoms with Gasteiger partial charge in [-0.1, -0.05) is 0 Å². The van der Waals surface area contributed by atoms with Crippen molar-refractivity contribution < 1.29 is 22.0 Å². The van der Waals surface area contributed by atoms with E-state index >= 15 is 0 Å². The predicted molar refractivity (Wildman–Crippen MR) is 103 cm³/mol. The molecule has 2 heterocycles. The topological polar surface area (TPSA) is 114 Å². The molecule has 2 N–H and O–H groups in total. The summed E-state index contributed by atoms with van der Waals surface area (Å²) in [6, 6.07) is 7.74. The van der Waals surface area contributed by atoms with Gasteiger partial charge in [0.15, 0.2) is 17.2 Å². The Kier molecular flexibility index (Phi) is 4.31. The Bertz CT molecular complexity index is 1150. The van der Waals surface area contributed by atoms with Crippen LogP contribution in [-0.2, 0) is 10.0 Å². The fourth-order valence-corrected chi connectivity index (χ4v) is 4.11. The lowest BCUT2D eigenvalue weighted by Gasteiger charge is -2.18. The highest BCUT2D eigenvalue weighted by Gasteiger charge is 2.29. The Morgan fingerprint density at radius 1 is 1.14 bits per heavy atom. The molecule has 1 aliphatic rings. The molecule has 3 aromatic rings. The summed E-state index contributed by atoms with van der Waals surface area (Å²) in [6.07, 6.45) is 2.18. The minimum atomic E-state index is -3.85. The van der Waals surface area contributed by atoms with Crippen LogP contribution in [0.5, 0.6) is 0 Å². The van der Waals surface area contributed by atoms with E-state index in [-0.39, 0.29) is 10.9 Å². The number of benzene rings is 1. The van der Waals surface area contributed by atoms with Crippen LogP contribution in [0.4, 0.5) is 5.69 Å². The minimum Gasteiger partial charge on any atom is -0.440 e. The van der Waals surface area contributed by atoms with E-state index in [0.29, 0.717) is 22.7 Å². The van der Waals surface area contributed by atoms with E-state index in [4.69, 9.17) is 8.83 Å². The zero-order chi connectivity index (χ0) is 20.1. The fourth-order valence-electron chi connectivity index (χ4n) is 2.76. The number of sulfonamides is 1. The first-order chi connectivity index (χ1) is 13.1. The fraction of sp³-hybridized carbons (Fsp3) is 0.368. The van der Waals surface area contributed by atoms with Gasteiger partial charge in [0.05, 0.1) is 0 Å². The first-order valence-corrected chi connectivity index (χ1v) is 10.4. The first-order valence-electron chi connectivity index (χ1n) is 8.96. The van der Waals surface area contributed by atoms with Gasteiger partial charge in [-0.2, -0.15) is 0 Å². The summed E-state index contributed by atoms with van der Waals surface area (Å²) in [7, 11) is -3.85. The summed E-state index contributed by atoms with van der Waals surface area (Å²) in [5.74, 6) is 0.469. The number of anilines is 1. The third-order valence-corrected chi connectivity index (χ3v) is 5.73. The maximum atomic E-state index is 12.4. The highest BCUT2D eigenvalue weighted by molar-refractivity contribution is 7.89. The van der Waals surface area contributed by atoms with Crippen LogP contribution >= 0.6 is 0 Å².